The van der Waals surface area contributed by atoms with Crippen molar-refractivity contribution in [2.24, 2.45) is 0 Å². The van der Waals surface area contributed by atoms with Gasteiger partial charge in [0.15, 0.2) is 0 Å². The highest BCUT2D eigenvalue weighted by atomic mass is 16.3. The molecule has 318 valence electrons. The molecule has 0 atom stereocenters. The molecule has 2 heterocycles. The maximum atomic E-state index is 6.91. The minimum atomic E-state index is -0.561. The second-order valence-corrected chi connectivity index (χ2v) is 17.9. The third-order valence-electron chi connectivity index (χ3n) is 14.3. The number of furan rings is 2. The van der Waals surface area contributed by atoms with Crippen LogP contribution in [0.5, 0.6) is 0 Å². The van der Waals surface area contributed by atoms with E-state index >= 15 is 0 Å². The molecule has 11 aromatic carbocycles. The van der Waals surface area contributed by atoms with Crippen molar-refractivity contribution in [3.05, 3.63) is 271 Å². The Kier molecular flexibility index (Phi) is 8.50. The molecule has 0 fully saturated rings. The van der Waals surface area contributed by atoms with E-state index in [9.17, 15) is 0 Å². The fraction of sp³-hybridized carbons (Fsp3) is 0.0154. The molecule has 3 nitrogen and oxygen atoms in total. The third-order valence-corrected chi connectivity index (χ3v) is 14.3. The van der Waals surface area contributed by atoms with E-state index in [2.05, 4.69) is 241 Å². The standard InChI is InChI=1S/C65H41NO2/c1-3-19-45(20-4-1)65(46-21-5-2-6-22-46)57-29-12-9-23-50(57)51-38-37-48(41-58(51)65)66(47-35-33-42(34-36-47)49-26-16-32-61-63(49)55-25-11-14-31-60(55)67-61)59-30-13-10-24-52(59)53-27-15-28-54-56-39-43-17-7-8-18-44(43)40-62(56)68-64(53)54/h1-41H. The van der Waals surface area contributed by atoms with Crippen LogP contribution in [0.2, 0.25) is 0 Å². The normalized spacial score (nSPS) is 12.8. The van der Waals surface area contributed by atoms with Crippen LogP contribution in [-0.4, -0.2) is 0 Å². The van der Waals surface area contributed by atoms with Crippen LogP contribution >= 0.6 is 0 Å². The smallest absolute Gasteiger partial charge is 0.143 e. The Morgan fingerprint density at radius 1 is 0.324 bits per heavy atom. The van der Waals surface area contributed by atoms with Crippen LogP contribution in [-0.2, 0) is 5.41 Å². The van der Waals surface area contributed by atoms with Gasteiger partial charge in [0, 0.05) is 44.0 Å². The predicted octanol–water partition coefficient (Wildman–Crippen LogP) is 17.8. The van der Waals surface area contributed by atoms with Crippen molar-refractivity contribution < 1.29 is 8.83 Å². The molecule has 0 amide bonds. The molecule has 0 bridgehead atoms. The lowest BCUT2D eigenvalue weighted by atomic mass is 9.67. The van der Waals surface area contributed by atoms with Gasteiger partial charge in [-0.2, -0.15) is 0 Å². The van der Waals surface area contributed by atoms with Gasteiger partial charge in [-0.15, -0.1) is 0 Å². The van der Waals surface area contributed by atoms with Crippen molar-refractivity contribution in [2.45, 2.75) is 5.41 Å². The van der Waals surface area contributed by atoms with Crippen LogP contribution < -0.4 is 4.90 Å². The Bertz CT molecular complexity index is 4050. The van der Waals surface area contributed by atoms with Crippen LogP contribution in [0.3, 0.4) is 0 Å². The van der Waals surface area contributed by atoms with Gasteiger partial charge in [-0.3, -0.25) is 0 Å². The Balaban J connectivity index is 1.01. The maximum Gasteiger partial charge on any atom is 0.143 e. The van der Waals surface area contributed by atoms with E-state index in [1.807, 2.05) is 12.1 Å². The summed E-state index contributed by atoms with van der Waals surface area (Å²) in [6.07, 6.45) is 0. The molecule has 0 N–H and O–H groups in total. The minimum absolute atomic E-state index is 0.561. The van der Waals surface area contributed by atoms with Crippen molar-refractivity contribution >= 4 is 71.7 Å². The Labute approximate surface area is 393 Å². The van der Waals surface area contributed by atoms with E-state index in [0.29, 0.717) is 0 Å². The van der Waals surface area contributed by atoms with Gasteiger partial charge in [0.1, 0.15) is 22.3 Å². The van der Waals surface area contributed by atoms with E-state index in [1.165, 1.54) is 38.8 Å². The zero-order valence-corrected chi connectivity index (χ0v) is 36.9. The largest absolute Gasteiger partial charge is 0.456 e. The fourth-order valence-corrected chi connectivity index (χ4v) is 11.4. The average Bonchev–Trinajstić information content (AvgIpc) is 4.07. The Hall–Kier alpha value is -8.92. The van der Waals surface area contributed by atoms with Gasteiger partial charge in [-0.25, -0.2) is 0 Å². The van der Waals surface area contributed by atoms with Gasteiger partial charge >= 0.3 is 0 Å². The van der Waals surface area contributed by atoms with Crippen molar-refractivity contribution in [3.63, 3.8) is 0 Å². The number of benzene rings is 11. The molecule has 68 heavy (non-hydrogen) atoms. The lowest BCUT2D eigenvalue weighted by molar-refractivity contribution is 0.669. The first-order valence-electron chi connectivity index (χ1n) is 23.3. The molecule has 13 aromatic rings. The predicted molar refractivity (Wildman–Crippen MR) is 281 cm³/mol. The first kappa shape index (κ1) is 38.4. The molecule has 1 aliphatic carbocycles. The molecule has 1 aliphatic rings. The average molecular weight is 868 g/mol. The summed E-state index contributed by atoms with van der Waals surface area (Å²) in [6.45, 7) is 0. The highest BCUT2D eigenvalue weighted by Crippen LogP contribution is 2.57. The van der Waals surface area contributed by atoms with Crippen LogP contribution in [0, 0.1) is 0 Å². The number of rotatable bonds is 7. The molecule has 0 spiro atoms. The fourth-order valence-electron chi connectivity index (χ4n) is 11.4. The highest BCUT2D eigenvalue weighted by molar-refractivity contribution is 6.15. The summed E-state index contributed by atoms with van der Waals surface area (Å²) in [5.74, 6) is 0. The molecule has 0 radical (unpaired) electrons. The summed E-state index contributed by atoms with van der Waals surface area (Å²) in [4.78, 5) is 2.44. The van der Waals surface area contributed by atoms with Gasteiger partial charge in [-0.1, -0.05) is 194 Å². The van der Waals surface area contributed by atoms with E-state index in [1.54, 1.807) is 0 Å². The molecule has 0 unspecified atom stereocenters. The molecule has 2 aromatic heterocycles. The van der Waals surface area contributed by atoms with Gasteiger partial charge in [0.2, 0.25) is 0 Å². The molecule has 14 rings (SSSR count). The van der Waals surface area contributed by atoms with E-state index in [-0.39, 0.29) is 0 Å². The van der Waals surface area contributed by atoms with Crippen LogP contribution in [0.1, 0.15) is 22.3 Å². The summed E-state index contributed by atoms with van der Waals surface area (Å²) in [7, 11) is 0. The second kappa shape index (κ2) is 15.1. The van der Waals surface area contributed by atoms with Gasteiger partial charge < -0.3 is 13.7 Å². The zero-order valence-electron chi connectivity index (χ0n) is 36.9. The van der Waals surface area contributed by atoms with E-state index in [0.717, 1.165) is 88.6 Å². The van der Waals surface area contributed by atoms with E-state index in [4.69, 9.17) is 8.83 Å². The molecule has 0 saturated carbocycles. The topological polar surface area (TPSA) is 29.5 Å². The summed E-state index contributed by atoms with van der Waals surface area (Å²) in [5.41, 5.74) is 18.0. The molecular weight excluding hydrogens is 827 g/mol. The SMILES string of the molecule is c1ccc(C2(c3ccccc3)c3ccccc3-c3ccc(N(c4ccc(-c5cccc6oc7ccccc7c56)cc4)c4ccccc4-c4cccc5c4oc4cc6ccccc6cc45)cc32)cc1. The number of fused-ring (bicyclic) bond motifs is 10. The number of anilines is 3. The van der Waals surface area contributed by atoms with Crippen molar-refractivity contribution in [1.29, 1.82) is 0 Å². The summed E-state index contributed by atoms with van der Waals surface area (Å²) >= 11 is 0. The van der Waals surface area contributed by atoms with E-state index < -0.39 is 5.41 Å². The van der Waals surface area contributed by atoms with Crippen LogP contribution in [0.4, 0.5) is 17.1 Å². The zero-order chi connectivity index (χ0) is 44.8. The van der Waals surface area contributed by atoms with Gasteiger partial charge in [-0.05, 0) is 110 Å². The molecule has 3 heteroatoms. The number of hydrogen-bond donors (Lipinski definition) is 0. The number of hydrogen-bond acceptors (Lipinski definition) is 3. The number of nitrogens with zero attached hydrogens (tertiary/aromatic N) is 1. The van der Waals surface area contributed by atoms with Crippen LogP contribution in [0.25, 0.3) is 88.0 Å². The number of para-hydroxylation sites is 3. The Morgan fingerprint density at radius 3 is 1.72 bits per heavy atom. The summed E-state index contributed by atoms with van der Waals surface area (Å²) < 4.78 is 13.3. The van der Waals surface area contributed by atoms with Crippen molar-refractivity contribution in [2.75, 3.05) is 4.90 Å². The highest BCUT2D eigenvalue weighted by Gasteiger charge is 2.46. The summed E-state index contributed by atoms with van der Waals surface area (Å²) in [5, 5.41) is 6.81. The second-order valence-electron chi connectivity index (χ2n) is 17.9. The maximum absolute atomic E-state index is 6.91. The molecule has 0 aliphatic heterocycles. The lowest BCUT2D eigenvalue weighted by Crippen LogP contribution is -2.28. The Morgan fingerprint density at radius 2 is 0.912 bits per heavy atom. The summed E-state index contributed by atoms with van der Waals surface area (Å²) in [6, 6.07) is 90.1. The van der Waals surface area contributed by atoms with Gasteiger partial charge in [0.25, 0.3) is 0 Å². The quantitative estimate of drug-likeness (QED) is 0.160. The first-order chi connectivity index (χ1) is 33.7. The molecular formula is C65H41NO2. The van der Waals surface area contributed by atoms with Gasteiger partial charge in [0.05, 0.1) is 11.1 Å². The third kappa shape index (κ3) is 5.66. The molecule has 0 saturated heterocycles. The monoisotopic (exact) mass is 867 g/mol. The minimum Gasteiger partial charge on any atom is -0.456 e. The van der Waals surface area contributed by atoms with Crippen molar-refractivity contribution in [1.82, 2.24) is 0 Å². The van der Waals surface area contributed by atoms with Crippen LogP contribution in [0.15, 0.2) is 258 Å². The lowest BCUT2D eigenvalue weighted by Gasteiger charge is -2.35. The van der Waals surface area contributed by atoms with Crippen molar-refractivity contribution in [3.8, 4) is 33.4 Å². The first-order valence-corrected chi connectivity index (χ1v) is 23.3.